The summed E-state index contributed by atoms with van der Waals surface area (Å²) in [5.74, 6) is -1.96. The van der Waals surface area contributed by atoms with E-state index in [4.69, 9.17) is 14.2 Å². The Balaban J connectivity index is 2.02. The van der Waals surface area contributed by atoms with Crippen molar-refractivity contribution in [3.8, 4) is 0 Å². The van der Waals surface area contributed by atoms with Gasteiger partial charge in [0, 0.05) is 25.7 Å². The van der Waals surface area contributed by atoms with E-state index in [1.165, 1.54) is 0 Å². The van der Waals surface area contributed by atoms with Crippen LogP contribution in [0.3, 0.4) is 0 Å². The normalized spacial score (nSPS) is 22.5. The van der Waals surface area contributed by atoms with Gasteiger partial charge in [-0.3, -0.25) is 14.5 Å². The Kier molecular flexibility index (Phi) is 5.13. The Morgan fingerprint density at radius 3 is 2.48 bits per heavy atom. The lowest BCUT2D eigenvalue weighted by atomic mass is 9.90. The van der Waals surface area contributed by atoms with Crippen molar-refractivity contribution in [1.82, 2.24) is 4.90 Å². The number of fused-ring (bicyclic) bond motifs is 1. The van der Waals surface area contributed by atoms with Crippen molar-refractivity contribution in [2.24, 2.45) is 5.92 Å². The molecule has 1 fully saturated rings. The minimum Gasteiger partial charge on any atom is -0.328 e. The van der Waals surface area contributed by atoms with Crippen LogP contribution in [0.25, 0.3) is 0 Å². The topological polar surface area (TPSA) is 65.1 Å². The fourth-order valence-electron chi connectivity index (χ4n) is 2.77. The van der Waals surface area contributed by atoms with Crippen LogP contribution < -0.4 is 0 Å². The first kappa shape index (κ1) is 16.1. The zero-order valence-corrected chi connectivity index (χ0v) is 12.9. The minimum absolute atomic E-state index is 0.151. The average molecular weight is 297 g/mol. The largest absolute Gasteiger partial charge is 0.328 e. The second-order valence-electron chi connectivity index (χ2n) is 5.22. The van der Waals surface area contributed by atoms with E-state index in [-0.39, 0.29) is 24.5 Å². The maximum atomic E-state index is 12.3. The van der Waals surface area contributed by atoms with Crippen LogP contribution in [0.4, 0.5) is 0 Å². The van der Waals surface area contributed by atoms with E-state index in [0.717, 1.165) is 24.2 Å². The van der Waals surface area contributed by atoms with Gasteiger partial charge in [0.05, 0.1) is 5.92 Å². The molecule has 0 aromatic rings. The summed E-state index contributed by atoms with van der Waals surface area (Å²) < 4.78 is 16.4. The van der Waals surface area contributed by atoms with Gasteiger partial charge in [-0.1, -0.05) is 6.08 Å². The van der Waals surface area contributed by atoms with Gasteiger partial charge in [-0.15, -0.1) is 0 Å². The van der Waals surface area contributed by atoms with Crippen LogP contribution in [0.2, 0.25) is 0 Å². The van der Waals surface area contributed by atoms with Crippen molar-refractivity contribution in [2.45, 2.75) is 46.0 Å². The Morgan fingerprint density at radius 2 is 1.90 bits per heavy atom. The molecule has 118 valence electrons. The third-order valence-electron chi connectivity index (χ3n) is 3.76. The molecule has 1 saturated heterocycles. The van der Waals surface area contributed by atoms with Gasteiger partial charge in [0.2, 0.25) is 5.91 Å². The van der Waals surface area contributed by atoms with E-state index < -0.39 is 5.97 Å². The Hall–Kier alpha value is -1.24. The number of carbonyl (C=O) groups is 2. The number of allylic oxidation sites excluding steroid dienone is 1. The molecule has 0 aromatic heterocycles. The van der Waals surface area contributed by atoms with E-state index in [1.54, 1.807) is 6.92 Å². The number of imide groups is 1. The van der Waals surface area contributed by atoms with Crippen LogP contribution in [0.15, 0.2) is 11.6 Å². The summed E-state index contributed by atoms with van der Waals surface area (Å²) in [4.78, 5) is 25.7. The number of likely N-dealkylation sites (tertiary alicyclic amines) is 1. The number of nitrogens with zero attached hydrogens (tertiary/aromatic N) is 1. The molecule has 0 aromatic carbocycles. The van der Waals surface area contributed by atoms with Gasteiger partial charge in [0.25, 0.3) is 11.9 Å². The summed E-state index contributed by atoms with van der Waals surface area (Å²) >= 11 is 0. The van der Waals surface area contributed by atoms with E-state index in [0.29, 0.717) is 18.8 Å². The number of ether oxygens (including phenoxy) is 3. The molecule has 6 heteroatoms. The highest BCUT2D eigenvalue weighted by Gasteiger charge is 2.44. The van der Waals surface area contributed by atoms with Gasteiger partial charge in [-0.2, -0.15) is 0 Å². The predicted molar refractivity (Wildman–Crippen MR) is 74.9 cm³/mol. The van der Waals surface area contributed by atoms with Crippen molar-refractivity contribution < 1.29 is 23.8 Å². The highest BCUT2D eigenvalue weighted by molar-refractivity contribution is 6.14. The van der Waals surface area contributed by atoms with Crippen molar-refractivity contribution in [3.63, 3.8) is 0 Å². The molecule has 6 nitrogen and oxygen atoms in total. The third-order valence-corrected chi connectivity index (χ3v) is 3.76. The van der Waals surface area contributed by atoms with E-state index in [2.05, 4.69) is 0 Å². The van der Waals surface area contributed by atoms with Crippen LogP contribution in [0.1, 0.15) is 40.0 Å². The maximum absolute atomic E-state index is 12.3. The summed E-state index contributed by atoms with van der Waals surface area (Å²) in [6, 6.07) is 0. The molecule has 1 aliphatic carbocycles. The van der Waals surface area contributed by atoms with Crippen molar-refractivity contribution in [3.05, 3.63) is 11.6 Å². The monoisotopic (exact) mass is 297 g/mol. The van der Waals surface area contributed by atoms with Crippen molar-refractivity contribution >= 4 is 11.8 Å². The molecule has 2 aliphatic rings. The lowest BCUT2D eigenvalue weighted by Gasteiger charge is -2.30. The van der Waals surface area contributed by atoms with E-state index >= 15 is 0 Å². The van der Waals surface area contributed by atoms with Gasteiger partial charge in [-0.25, -0.2) is 0 Å². The molecule has 1 atom stereocenters. The summed E-state index contributed by atoms with van der Waals surface area (Å²) in [5, 5.41) is 0. The van der Waals surface area contributed by atoms with Crippen LogP contribution in [-0.2, 0) is 23.8 Å². The molecule has 0 spiro atoms. The highest BCUT2D eigenvalue weighted by atomic mass is 16.9. The zero-order chi connectivity index (χ0) is 15.5. The maximum Gasteiger partial charge on any atom is 0.281 e. The average Bonchev–Trinajstić information content (AvgIpc) is 2.70. The molecule has 0 radical (unpaired) electrons. The molecule has 2 rings (SSSR count). The number of carbonyl (C=O) groups excluding carboxylic acids is 2. The first-order chi connectivity index (χ1) is 10.0. The molecule has 0 bridgehead atoms. The van der Waals surface area contributed by atoms with Gasteiger partial charge < -0.3 is 14.2 Å². The number of rotatable bonds is 7. The molecular formula is C15H23NO5. The smallest absolute Gasteiger partial charge is 0.281 e. The van der Waals surface area contributed by atoms with E-state index in [1.807, 2.05) is 19.9 Å². The first-order valence-electron chi connectivity index (χ1n) is 7.50. The second-order valence-corrected chi connectivity index (χ2v) is 5.22. The second kappa shape index (κ2) is 6.68. The fraction of sp³-hybridized carbons (Fsp3) is 0.733. The van der Waals surface area contributed by atoms with Crippen molar-refractivity contribution in [1.29, 1.82) is 0 Å². The molecule has 0 saturated carbocycles. The van der Waals surface area contributed by atoms with E-state index in [9.17, 15) is 9.59 Å². The van der Waals surface area contributed by atoms with Gasteiger partial charge >= 0.3 is 0 Å². The molecule has 1 heterocycles. The number of hydrogen-bond donors (Lipinski definition) is 0. The fourth-order valence-corrected chi connectivity index (χ4v) is 2.77. The minimum atomic E-state index is -1.24. The van der Waals surface area contributed by atoms with Crippen LogP contribution in [0.5, 0.6) is 0 Å². The van der Waals surface area contributed by atoms with Gasteiger partial charge in [-0.05, 0) is 33.1 Å². The molecular weight excluding hydrogens is 274 g/mol. The quantitative estimate of drug-likeness (QED) is 0.529. The van der Waals surface area contributed by atoms with Crippen molar-refractivity contribution in [2.75, 3.05) is 19.9 Å². The molecule has 1 unspecified atom stereocenters. The zero-order valence-electron chi connectivity index (χ0n) is 12.9. The van der Waals surface area contributed by atoms with Gasteiger partial charge in [0.1, 0.15) is 6.73 Å². The number of hydrogen-bond acceptors (Lipinski definition) is 5. The Bertz CT molecular complexity index is 439. The lowest BCUT2D eigenvalue weighted by molar-refractivity contribution is -0.373. The summed E-state index contributed by atoms with van der Waals surface area (Å²) in [5.41, 5.74) is 0.615. The molecule has 1 aliphatic heterocycles. The van der Waals surface area contributed by atoms with Crippen LogP contribution in [0, 0.1) is 5.92 Å². The summed E-state index contributed by atoms with van der Waals surface area (Å²) in [6.07, 6.45) is 4.41. The summed E-state index contributed by atoms with van der Waals surface area (Å²) in [6.45, 7) is 5.95. The van der Waals surface area contributed by atoms with Crippen LogP contribution >= 0.6 is 0 Å². The predicted octanol–water partition coefficient (Wildman–Crippen LogP) is 1.80. The van der Waals surface area contributed by atoms with Gasteiger partial charge in [0.15, 0.2) is 0 Å². The first-order valence-corrected chi connectivity index (χ1v) is 7.50. The SMILES string of the molecule is CCOC(C)(OCC)OCN1C(=O)C2=CCCCC2C1=O. The molecule has 0 N–H and O–H groups in total. The Morgan fingerprint density at radius 1 is 1.24 bits per heavy atom. The Labute approximate surface area is 125 Å². The lowest BCUT2D eigenvalue weighted by Crippen LogP contribution is -2.42. The number of amides is 2. The van der Waals surface area contributed by atoms with Crippen LogP contribution in [-0.4, -0.2) is 42.6 Å². The molecule has 2 amide bonds. The standard InChI is InChI=1S/C15H23NO5/c1-4-19-15(3,20-5-2)21-10-16-13(17)11-8-6-7-9-12(11)14(16)18/h8,12H,4-7,9-10H2,1-3H3. The highest BCUT2D eigenvalue weighted by Crippen LogP contribution is 2.34. The third kappa shape index (κ3) is 3.33. The summed E-state index contributed by atoms with van der Waals surface area (Å²) in [7, 11) is 0. The molecule has 21 heavy (non-hydrogen) atoms.